The second kappa shape index (κ2) is 5.11. The molecule has 1 saturated heterocycles. The van der Waals surface area contributed by atoms with Crippen molar-refractivity contribution in [2.24, 2.45) is 0 Å². The van der Waals surface area contributed by atoms with Crippen LogP contribution in [0.1, 0.15) is 45.0 Å². The minimum absolute atomic E-state index is 0.000474. The smallest absolute Gasteiger partial charge is 0.497 e. The van der Waals surface area contributed by atoms with Crippen LogP contribution in [0.4, 0.5) is 4.39 Å². The Labute approximate surface area is 124 Å². The number of benzene rings is 1. The molecule has 0 N–H and O–H groups in total. The number of Topliss-reactive ketones (excluding diaryl/α,β-unsaturated/α-hetero) is 1. The van der Waals surface area contributed by atoms with Crippen LogP contribution >= 0.6 is 0 Å². The van der Waals surface area contributed by atoms with Gasteiger partial charge in [-0.3, -0.25) is 4.79 Å². The predicted octanol–water partition coefficient (Wildman–Crippen LogP) is 2.34. The quantitative estimate of drug-likeness (QED) is 0.488. The summed E-state index contributed by atoms with van der Waals surface area (Å²) >= 11 is 0. The zero-order valence-electron chi connectivity index (χ0n) is 13.2. The second-order valence-electron chi connectivity index (χ2n) is 6.22. The van der Waals surface area contributed by atoms with Gasteiger partial charge in [0.1, 0.15) is 11.6 Å². The van der Waals surface area contributed by atoms with Crippen molar-refractivity contribution in [3.63, 3.8) is 0 Å². The molecule has 1 aliphatic heterocycles. The maximum Gasteiger partial charge on any atom is 0.498 e. The van der Waals surface area contributed by atoms with E-state index in [1.165, 1.54) is 26.2 Å². The minimum Gasteiger partial charge on any atom is -0.497 e. The largest absolute Gasteiger partial charge is 0.498 e. The third-order valence-electron chi connectivity index (χ3n) is 4.21. The molecule has 0 radical (unpaired) electrons. The highest BCUT2D eigenvalue weighted by Crippen LogP contribution is 2.37. The van der Waals surface area contributed by atoms with E-state index in [0.29, 0.717) is 11.2 Å². The van der Waals surface area contributed by atoms with Crippen molar-refractivity contribution in [1.82, 2.24) is 0 Å². The molecular weight excluding hydrogens is 276 g/mol. The molecule has 1 heterocycles. The Morgan fingerprint density at radius 2 is 1.71 bits per heavy atom. The molecular formula is C15H20BFO4. The van der Waals surface area contributed by atoms with Gasteiger partial charge in [0, 0.05) is 11.5 Å². The van der Waals surface area contributed by atoms with E-state index >= 15 is 0 Å². The number of hydrogen-bond acceptors (Lipinski definition) is 4. The molecule has 0 bridgehead atoms. The first-order valence-corrected chi connectivity index (χ1v) is 6.83. The summed E-state index contributed by atoms with van der Waals surface area (Å²) in [4.78, 5) is 11.5. The maximum absolute atomic E-state index is 13.9. The Morgan fingerprint density at radius 3 is 2.14 bits per heavy atom. The molecule has 114 valence electrons. The van der Waals surface area contributed by atoms with Crippen LogP contribution in [-0.4, -0.2) is 31.2 Å². The van der Waals surface area contributed by atoms with Gasteiger partial charge in [-0.15, -0.1) is 0 Å². The van der Waals surface area contributed by atoms with Crippen molar-refractivity contribution in [3.8, 4) is 5.75 Å². The van der Waals surface area contributed by atoms with Gasteiger partial charge >= 0.3 is 7.12 Å². The van der Waals surface area contributed by atoms with Crippen LogP contribution in [0.5, 0.6) is 5.75 Å². The lowest BCUT2D eigenvalue weighted by atomic mass is 9.78. The molecule has 0 atom stereocenters. The number of halogens is 1. The minimum atomic E-state index is -0.705. The lowest BCUT2D eigenvalue weighted by molar-refractivity contribution is 0.00578. The molecule has 0 amide bonds. The first-order chi connectivity index (χ1) is 9.59. The van der Waals surface area contributed by atoms with Gasteiger partial charge in [-0.25, -0.2) is 4.39 Å². The zero-order chi connectivity index (χ0) is 16.0. The summed E-state index contributed by atoms with van der Waals surface area (Å²) in [5.41, 5.74) is -0.524. The summed E-state index contributed by atoms with van der Waals surface area (Å²) in [5.74, 6) is -0.663. The van der Waals surface area contributed by atoms with Crippen molar-refractivity contribution in [2.45, 2.75) is 45.8 Å². The molecule has 1 aromatic carbocycles. The molecule has 1 aromatic rings. The van der Waals surface area contributed by atoms with Crippen molar-refractivity contribution in [2.75, 3.05) is 7.11 Å². The van der Waals surface area contributed by atoms with Crippen LogP contribution in [0.25, 0.3) is 0 Å². The van der Waals surface area contributed by atoms with Crippen LogP contribution in [0.2, 0.25) is 0 Å². The number of carbonyl (C=O) groups is 1. The lowest BCUT2D eigenvalue weighted by Crippen LogP contribution is -2.41. The van der Waals surface area contributed by atoms with Gasteiger partial charge in [0.25, 0.3) is 0 Å². The third kappa shape index (κ3) is 2.70. The normalized spacial score (nSPS) is 19.7. The number of hydrogen-bond donors (Lipinski definition) is 0. The molecule has 2 rings (SSSR count). The van der Waals surface area contributed by atoms with E-state index in [0.717, 1.165) is 0 Å². The first-order valence-electron chi connectivity index (χ1n) is 6.83. The van der Waals surface area contributed by atoms with Gasteiger partial charge in [0.05, 0.1) is 23.9 Å². The van der Waals surface area contributed by atoms with E-state index in [9.17, 15) is 9.18 Å². The standard InChI is InChI=1S/C15H20BFO4/c1-9(18)10-7-11(13(19-6)8-12(10)17)16-20-14(2,3)15(4,5)21-16/h7-8H,1-6H3/i1+1,9+1. The first kappa shape index (κ1) is 16.0. The molecule has 0 saturated carbocycles. The molecule has 1 fully saturated rings. The van der Waals surface area contributed by atoms with Crippen LogP contribution in [0.15, 0.2) is 12.1 Å². The van der Waals surface area contributed by atoms with Gasteiger partial charge in [0.15, 0.2) is 5.78 Å². The number of methoxy groups -OCH3 is 1. The highest BCUT2D eigenvalue weighted by Gasteiger charge is 2.52. The van der Waals surface area contributed by atoms with E-state index in [4.69, 9.17) is 14.0 Å². The van der Waals surface area contributed by atoms with Crippen molar-refractivity contribution >= 4 is 18.4 Å². The SMILES string of the molecule is COc1cc(F)c([13C]([13CH3])=O)cc1B1OC(C)(C)C(C)(C)O1. The summed E-state index contributed by atoms with van der Waals surface area (Å²) in [5, 5.41) is 0. The van der Waals surface area contributed by atoms with E-state index in [1.54, 1.807) is 0 Å². The van der Waals surface area contributed by atoms with E-state index in [2.05, 4.69) is 0 Å². The Bertz CT molecular complexity index is 567. The number of ether oxygens (including phenoxy) is 1. The Hall–Kier alpha value is -1.40. The highest BCUT2D eigenvalue weighted by atomic mass is 19.1. The lowest BCUT2D eigenvalue weighted by Gasteiger charge is -2.32. The van der Waals surface area contributed by atoms with Gasteiger partial charge in [-0.05, 0) is 40.7 Å². The van der Waals surface area contributed by atoms with Crippen LogP contribution in [0, 0.1) is 5.82 Å². The number of carbonyl (C=O) groups excluding carboxylic acids is 1. The van der Waals surface area contributed by atoms with Crippen molar-refractivity contribution in [3.05, 3.63) is 23.5 Å². The van der Waals surface area contributed by atoms with Crippen molar-refractivity contribution < 1.29 is 23.2 Å². The van der Waals surface area contributed by atoms with Crippen LogP contribution in [-0.2, 0) is 9.31 Å². The van der Waals surface area contributed by atoms with Gasteiger partial charge in [-0.1, -0.05) is 0 Å². The fourth-order valence-corrected chi connectivity index (χ4v) is 2.17. The third-order valence-corrected chi connectivity index (χ3v) is 4.21. The van der Waals surface area contributed by atoms with E-state index < -0.39 is 24.1 Å². The zero-order valence-corrected chi connectivity index (χ0v) is 13.2. The summed E-state index contributed by atoms with van der Waals surface area (Å²) < 4.78 is 30.9. The van der Waals surface area contributed by atoms with Gasteiger partial charge in [0.2, 0.25) is 0 Å². The molecule has 4 nitrogen and oxygen atoms in total. The van der Waals surface area contributed by atoms with E-state index in [-0.39, 0.29) is 11.3 Å². The topological polar surface area (TPSA) is 44.8 Å². The Morgan fingerprint density at radius 1 is 1.19 bits per heavy atom. The predicted molar refractivity (Wildman–Crippen MR) is 78.7 cm³/mol. The molecule has 1 aliphatic rings. The Balaban J connectivity index is 2.49. The Kier molecular flexibility index (Phi) is 3.89. The fraction of sp³-hybridized carbons (Fsp3) is 0.533. The van der Waals surface area contributed by atoms with Gasteiger partial charge < -0.3 is 14.0 Å². The fourth-order valence-electron chi connectivity index (χ4n) is 2.17. The van der Waals surface area contributed by atoms with E-state index in [1.807, 2.05) is 27.7 Å². The molecule has 0 spiro atoms. The molecule has 6 heteroatoms. The molecule has 0 aliphatic carbocycles. The summed E-state index contributed by atoms with van der Waals surface area (Å²) in [6.45, 7) is 9.02. The number of ketones is 1. The molecule has 21 heavy (non-hydrogen) atoms. The van der Waals surface area contributed by atoms with Crippen LogP contribution < -0.4 is 10.2 Å². The molecule has 0 unspecified atom stereocenters. The van der Waals surface area contributed by atoms with Crippen molar-refractivity contribution in [1.29, 1.82) is 0 Å². The average molecular weight is 296 g/mol. The summed E-state index contributed by atoms with van der Waals surface area (Å²) in [7, 11) is 0.736. The number of rotatable bonds is 3. The highest BCUT2D eigenvalue weighted by molar-refractivity contribution is 6.63. The summed E-state index contributed by atoms with van der Waals surface area (Å²) in [6.07, 6.45) is 0. The van der Waals surface area contributed by atoms with Crippen LogP contribution in [0.3, 0.4) is 0 Å². The second-order valence-corrected chi connectivity index (χ2v) is 6.22. The van der Waals surface area contributed by atoms with Gasteiger partial charge in [-0.2, -0.15) is 0 Å². The maximum atomic E-state index is 13.9. The monoisotopic (exact) mass is 296 g/mol. The molecule has 0 aromatic heterocycles. The average Bonchev–Trinajstić information content (AvgIpc) is 2.57. The summed E-state index contributed by atoms with van der Waals surface area (Å²) in [6, 6.07) is 2.63.